The maximum atomic E-state index is 13.7. The summed E-state index contributed by atoms with van der Waals surface area (Å²) in [4.78, 5) is 28.6. The Kier molecular flexibility index (Phi) is 7.59. The van der Waals surface area contributed by atoms with E-state index < -0.39 is 6.04 Å². The van der Waals surface area contributed by atoms with E-state index in [0.717, 1.165) is 12.8 Å². The normalized spacial score (nSPS) is 19.4. The molecule has 6 nitrogen and oxygen atoms in total. The van der Waals surface area contributed by atoms with Gasteiger partial charge in [0.05, 0.1) is 6.04 Å². The first-order chi connectivity index (χ1) is 12.5. The summed E-state index contributed by atoms with van der Waals surface area (Å²) in [7, 11) is 0. The molecule has 0 saturated carbocycles. The number of ether oxygens (including phenoxy) is 1. The highest BCUT2D eigenvalue weighted by Gasteiger charge is 2.32. The Morgan fingerprint density at radius 2 is 1.74 bits per heavy atom. The molecule has 2 fully saturated rings. The van der Waals surface area contributed by atoms with E-state index in [1.54, 1.807) is 28.9 Å². The third-order valence-corrected chi connectivity index (χ3v) is 5.36. The van der Waals surface area contributed by atoms with E-state index in [1.165, 1.54) is 6.07 Å². The molecule has 2 aliphatic rings. The lowest BCUT2D eigenvalue weighted by Gasteiger charge is -2.37. The lowest BCUT2D eigenvalue weighted by molar-refractivity contribution is -0.136. The smallest absolute Gasteiger partial charge is 0.254 e. The van der Waals surface area contributed by atoms with E-state index >= 15 is 0 Å². The van der Waals surface area contributed by atoms with Crippen LogP contribution >= 0.6 is 12.4 Å². The zero-order valence-corrected chi connectivity index (χ0v) is 16.3. The SMILES string of the molecule is Cc1ccc(C(=O)N2CCN(C(=O)C(N)C3CCOCC3)CC2)cc1F.Cl. The summed E-state index contributed by atoms with van der Waals surface area (Å²) < 4.78 is 19.0. The van der Waals surface area contributed by atoms with E-state index in [1.807, 2.05) is 0 Å². The van der Waals surface area contributed by atoms with E-state index in [9.17, 15) is 14.0 Å². The highest BCUT2D eigenvalue weighted by molar-refractivity contribution is 5.94. The summed E-state index contributed by atoms with van der Waals surface area (Å²) in [5.41, 5.74) is 7.02. The van der Waals surface area contributed by atoms with Gasteiger partial charge in [-0.05, 0) is 43.4 Å². The lowest BCUT2D eigenvalue weighted by Crippen LogP contribution is -2.56. The summed E-state index contributed by atoms with van der Waals surface area (Å²) in [6.45, 7) is 4.74. The summed E-state index contributed by atoms with van der Waals surface area (Å²) in [6.07, 6.45) is 1.62. The van der Waals surface area contributed by atoms with Crippen LogP contribution in [0.1, 0.15) is 28.8 Å². The monoisotopic (exact) mass is 399 g/mol. The molecule has 2 heterocycles. The van der Waals surface area contributed by atoms with E-state index in [2.05, 4.69) is 0 Å². The molecule has 1 aromatic rings. The van der Waals surface area contributed by atoms with Crippen LogP contribution in [0.25, 0.3) is 0 Å². The Morgan fingerprint density at radius 1 is 1.15 bits per heavy atom. The van der Waals surface area contributed by atoms with Gasteiger partial charge in [-0.1, -0.05) is 6.07 Å². The maximum absolute atomic E-state index is 13.7. The number of piperazine rings is 1. The second kappa shape index (κ2) is 9.48. The van der Waals surface area contributed by atoms with Crippen LogP contribution in [0, 0.1) is 18.7 Å². The predicted molar refractivity (Wildman–Crippen MR) is 102 cm³/mol. The number of halogens is 2. The largest absolute Gasteiger partial charge is 0.381 e. The number of nitrogens with zero attached hydrogens (tertiary/aromatic N) is 2. The number of carbonyl (C=O) groups is 2. The van der Waals surface area contributed by atoms with Gasteiger partial charge in [-0.15, -0.1) is 12.4 Å². The van der Waals surface area contributed by atoms with Gasteiger partial charge < -0.3 is 20.3 Å². The Labute approximate surface area is 165 Å². The van der Waals surface area contributed by atoms with Crippen LogP contribution in [-0.2, 0) is 9.53 Å². The van der Waals surface area contributed by atoms with Crippen molar-refractivity contribution in [1.29, 1.82) is 0 Å². The number of benzene rings is 1. The number of rotatable bonds is 3. The van der Waals surface area contributed by atoms with Gasteiger partial charge in [0.15, 0.2) is 0 Å². The molecule has 2 N–H and O–H groups in total. The Morgan fingerprint density at radius 3 is 2.33 bits per heavy atom. The standard InChI is InChI=1S/C19H26FN3O3.ClH/c1-13-2-3-15(12-16(13)20)18(24)22-6-8-23(9-7-22)19(25)17(21)14-4-10-26-11-5-14;/h2-3,12,14,17H,4-11,21H2,1H3;1H. The molecular formula is C19H27ClFN3O3. The van der Waals surface area contributed by atoms with Crippen molar-refractivity contribution in [3.63, 3.8) is 0 Å². The first-order valence-corrected chi connectivity index (χ1v) is 9.15. The van der Waals surface area contributed by atoms with Crippen LogP contribution in [0.15, 0.2) is 18.2 Å². The average Bonchev–Trinajstić information content (AvgIpc) is 2.69. The van der Waals surface area contributed by atoms with Gasteiger partial charge in [-0.3, -0.25) is 9.59 Å². The lowest BCUT2D eigenvalue weighted by atomic mass is 9.91. The fourth-order valence-corrected chi connectivity index (χ4v) is 3.53. The molecule has 2 aliphatic heterocycles. The Hall–Kier alpha value is -1.70. The third kappa shape index (κ3) is 4.97. The van der Waals surface area contributed by atoms with Crippen LogP contribution in [-0.4, -0.2) is 67.0 Å². The van der Waals surface area contributed by atoms with E-state index in [0.29, 0.717) is 50.5 Å². The minimum Gasteiger partial charge on any atom is -0.381 e. The second-order valence-electron chi connectivity index (χ2n) is 7.06. The first kappa shape index (κ1) is 21.6. The van der Waals surface area contributed by atoms with Gasteiger partial charge in [0.25, 0.3) is 5.91 Å². The zero-order valence-electron chi connectivity index (χ0n) is 15.5. The quantitative estimate of drug-likeness (QED) is 0.837. The number of aryl methyl sites for hydroxylation is 1. The van der Waals surface area contributed by atoms with Crippen LogP contribution in [0.5, 0.6) is 0 Å². The average molecular weight is 400 g/mol. The number of nitrogens with two attached hydrogens (primary N) is 1. The highest BCUT2D eigenvalue weighted by Crippen LogP contribution is 2.20. The fraction of sp³-hybridized carbons (Fsp3) is 0.579. The van der Waals surface area contributed by atoms with Gasteiger partial charge in [-0.2, -0.15) is 0 Å². The minimum absolute atomic E-state index is 0. The summed E-state index contributed by atoms with van der Waals surface area (Å²) in [6, 6.07) is 4.01. The number of carbonyl (C=O) groups excluding carboxylic acids is 2. The van der Waals surface area contributed by atoms with Crippen LogP contribution in [0.4, 0.5) is 4.39 Å². The molecule has 1 unspecified atom stereocenters. The van der Waals surface area contributed by atoms with Crippen molar-refractivity contribution in [2.75, 3.05) is 39.4 Å². The molecule has 0 spiro atoms. The molecule has 2 saturated heterocycles. The molecule has 3 rings (SSSR count). The third-order valence-electron chi connectivity index (χ3n) is 5.36. The van der Waals surface area contributed by atoms with Crippen molar-refractivity contribution in [2.24, 2.45) is 11.7 Å². The van der Waals surface area contributed by atoms with Gasteiger partial charge in [0, 0.05) is 45.0 Å². The number of amides is 2. The molecule has 2 amide bonds. The molecule has 27 heavy (non-hydrogen) atoms. The topological polar surface area (TPSA) is 75.9 Å². The molecule has 0 radical (unpaired) electrons. The van der Waals surface area contributed by atoms with E-state index in [-0.39, 0.29) is 36.0 Å². The van der Waals surface area contributed by atoms with Crippen molar-refractivity contribution in [3.8, 4) is 0 Å². The number of hydrogen-bond acceptors (Lipinski definition) is 4. The summed E-state index contributed by atoms with van der Waals surface area (Å²) in [5, 5.41) is 0. The second-order valence-corrected chi connectivity index (χ2v) is 7.06. The van der Waals surface area contributed by atoms with Crippen LogP contribution in [0.2, 0.25) is 0 Å². The molecule has 8 heteroatoms. The van der Waals surface area contributed by atoms with Gasteiger partial charge in [0.2, 0.25) is 5.91 Å². The van der Waals surface area contributed by atoms with Crippen LogP contribution in [0.3, 0.4) is 0 Å². The van der Waals surface area contributed by atoms with Crippen molar-refractivity contribution in [3.05, 3.63) is 35.1 Å². The highest BCUT2D eigenvalue weighted by atomic mass is 35.5. The van der Waals surface area contributed by atoms with Crippen molar-refractivity contribution >= 4 is 24.2 Å². The molecule has 1 atom stereocenters. The van der Waals surface area contributed by atoms with E-state index in [4.69, 9.17) is 10.5 Å². The zero-order chi connectivity index (χ0) is 18.7. The summed E-state index contributed by atoms with van der Waals surface area (Å²) >= 11 is 0. The van der Waals surface area contributed by atoms with Crippen LogP contribution < -0.4 is 5.73 Å². The van der Waals surface area contributed by atoms with Gasteiger partial charge in [0.1, 0.15) is 5.82 Å². The molecule has 0 bridgehead atoms. The first-order valence-electron chi connectivity index (χ1n) is 9.15. The molecule has 1 aromatic carbocycles. The molecular weight excluding hydrogens is 373 g/mol. The van der Waals surface area contributed by atoms with Gasteiger partial charge >= 0.3 is 0 Å². The number of hydrogen-bond donors (Lipinski definition) is 1. The van der Waals surface area contributed by atoms with Crippen molar-refractivity contribution < 1.29 is 18.7 Å². The molecule has 150 valence electrons. The fourth-order valence-electron chi connectivity index (χ4n) is 3.53. The Bertz CT molecular complexity index is 674. The molecule has 0 aliphatic carbocycles. The van der Waals surface area contributed by atoms with Crippen molar-refractivity contribution in [1.82, 2.24) is 9.80 Å². The molecule has 0 aromatic heterocycles. The van der Waals surface area contributed by atoms with Crippen molar-refractivity contribution in [2.45, 2.75) is 25.8 Å². The maximum Gasteiger partial charge on any atom is 0.254 e. The summed E-state index contributed by atoms with van der Waals surface area (Å²) in [5.74, 6) is -0.478. The minimum atomic E-state index is -0.507. The Balaban J connectivity index is 0.00000261. The van der Waals surface area contributed by atoms with Gasteiger partial charge in [-0.25, -0.2) is 4.39 Å². The predicted octanol–water partition coefficient (Wildman–Crippen LogP) is 1.59.